The van der Waals surface area contributed by atoms with Crippen LogP contribution in [-0.4, -0.2) is 24.0 Å². The predicted octanol–water partition coefficient (Wildman–Crippen LogP) is 3.08. The number of carbonyl (C=O) groups excluding carboxylic acids is 2. The molecule has 0 saturated carbocycles. The highest BCUT2D eigenvalue weighted by atomic mass is 35.5. The molecule has 0 fully saturated rings. The molecule has 1 N–H and O–H groups in total. The molecule has 2 aromatic rings. The zero-order chi connectivity index (χ0) is 16.8. The van der Waals surface area contributed by atoms with E-state index in [-0.39, 0.29) is 12.3 Å². The number of nitrogens with zero attached hydrogens (tertiary/aromatic N) is 1. The van der Waals surface area contributed by atoms with Crippen LogP contribution in [-0.2, 0) is 9.53 Å². The second-order valence-corrected chi connectivity index (χ2v) is 5.41. The molecule has 0 aliphatic rings. The normalized spacial score (nSPS) is 11.6. The second kappa shape index (κ2) is 7.74. The Bertz CT molecular complexity index is 704. The summed E-state index contributed by atoms with van der Waals surface area (Å²) >= 11 is 6.06. The van der Waals surface area contributed by atoms with Gasteiger partial charge in [0, 0.05) is 23.0 Å². The van der Waals surface area contributed by atoms with E-state index in [0.29, 0.717) is 16.1 Å². The zero-order valence-electron chi connectivity index (χ0n) is 12.9. The van der Waals surface area contributed by atoms with Crippen LogP contribution < -0.4 is 5.32 Å². The Balaban J connectivity index is 2.25. The van der Waals surface area contributed by atoms with E-state index in [4.69, 9.17) is 16.3 Å². The Labute approximate surface area is 139 Å². The molecule has 23 heavy (non-hydrogen) atoms. The van der Waals surface area contributed by atoms with E-state index >= 15 is 0 Å². The molecule has 1 aromatic heterocycles. The van der Waals surface area contributed by atoms with Gasteiger partial charge < -0.3 is 10.1 Å². The third-order valence-corrected chi connectivity index (χ3v) is 3.93. The van der Waals surface area contributed by atoms with Gasteiger partial charge in [-0.25, -0.2) is 0 Å². The van der Waals surface area contributed by atoms with Crippen molar-refractivity contribution in [3.8, 4) is 0 Å². The molecule has 6 heteroatoms. The van der Waals surface area contributed by atoms with Crippen LogP contribution in [0.1, 0.15) is 33.9 Å². The number of methoxy groups -OCH3 is 1. The first-order valence-corrected chi connectivity index (χ1v) is 7.43. The summed E-state index contributed by atoms with van der Waals surface area (Å²) < 4.78 is 4.71. The van der Waals surface area contributed by atoms with Gasteiger partial charge in [-0.15, -0.1) is 0 Å². The number of amides is 1. The summed E-state index contributed by atoms with van der Waals surface area (Å²) in [5.74, 6) is -0.703. The molecular weight excluding hydrogens is 316 g/mol. The summed E-state index contributed by atoms with van der Waals surface area (Å²) in [5, 5.41) is 3.38. The Hall–Kier alpha value is -2.40. The van der Waals surface area contributed by atoms with Crippen molar-refractivity contribution < 1.29 is 14.3 Å². The summed E-state index contributed by atoms with van der Waals surface area (Å²) in [6.07, 6.45) is 3.25. The fraction of sp³-hybridized carbons (Fsp3) is 0.235. The van der Waals surface area contributed by atoms with Crippen LogP contribution in [0.3, 0.4) is 0 Å². The van der Waals surface area contributed by atoms with E-state index in [2.05, 4.69) is 10.3 Å². The van der Waals surface area contributed by atoms with Gasteiger partial charge in [-0.2, -0.15) is 0 Å². The van der Waals surface area contributed by atoms with Crippen molar-refractivity contribution in [2.45, 2.75) is 19.4 Å². The number of ether oxygens (including phenoxy) is 1. The molecule has 2 rings (SSSR count). The van der Waals surface area contributed by atoms with E-state index < -0.39 is 12.0 Å². The average molecular weight is 333 g/mol. The first kappa shape index (κ1) is 17.0. The van der Waals surface area contributed by atoms with E-state index in [1.165, 1.54) is 7.11 Å². The highest BCUT2D eigenvalue weighted by Crippen LogP contribution is 2.21. The molecule has 5 nitrogen and oxygen atoms in total. The Morgan fingerprint density at radius 3 is 2.61 bits per heavy atom. The third kappa shape index (κ3) is 4.29. The fourth-order valence-corrected chi connectivity index (χ4v) is 2.36. The third-order valence-electron chi connectivity index (χ3n) is 3.52. The number of aromatic nitrogens is 1. The van der Waals surface area contributed by atoms with Crippen molar-refractivity contribution in [3.63, 3.8) is 0 Å². The smallest absolute Gasteiger partial charge is 0.307 e. The molecule has 1 atom stereocenters. The molecule has 0 radical (unpaired) electrons. The Morgan fingerprint density at radius 1 is 1.26 bits per heavy atom. The second-order valence-electron chi connectivity index (χ2n) is 5.00. The molecule has 1 amide bonds. The number of benzene rings is 1. The van der Waals surface area contributed by atoms with Crippen LogP contribution in [0.25, 0.3) is 0 Å². The van der Waals surface area contributed by atoms with Crippen molar-refractivity contribution in [1.29, 1.82) is 0 Å². The van der Waals surface area contributed by atoms with E-state index in [1.807, 2.05) is 0 Å². The maximum Gasteiger partial charge on any atom is 0.307 e. The van der Waals surface area contributed by atoms with E-state index in [0.717, 1.165) is 5.56 Å². The number of pyridine rings is 1. The minimum absolute atomic E-state index is 0.0336. The molecule has 0 unspecified atom stereocenters. The molecule has 120 valence electrons. The Kier molecular flexibility index (Phi) is 5.71. The summed E-state index contributed by atoms with van der Waals surface area (Å²) in [6.45, 7) is 1.78. The number of halogens is 1. The summed E-state index contributed by atoms with van der Waals surface area (Å²) in [6, 6.07) is 8.13. The van der Waals surface area contributed by atoms with Crippen LogP contribution in [0, 0.1) is 6.92 Å². The van der Waals surface area contributed by atoms with Gasteiger partial charge in [0.1, 0.15) is 0 Å². The summed E-state index contributed by atoms with van der Waals surface area (Å²) in [4.78, 5) is 28.1. The summed E-state index contributed by atoms with van der Waals surface area (Å²) in [5.41, 5.74) is 1.94. The van der Waals surface area contributed by atoms with Gasteiger partial charge >= 0.3 is 5.97 Å². The molecule has 0 aliphatic heterocycles. The number of esters is 1. The fourth-order valence-electron chi connectivity index (χ4n) is 2.19. The van der Waals surface area contributed by atoms with E-state index in [9.17, 15) is 9.59 Å². The number of nitrogens with one attached hydrogen (secondary N) is 1. The lowest BCUT2D eigenvalue weighted by Crippen LogP contribution is -2.31. The van der Waals surface area contributed by atoms with Gasteiger partial charge in [-0.05, 0) is 42.3 Å². The molecule has 1 aromatic carbocycles. The van der Waals surface area contributed by atoms with Gasteiger partial charge in [-0.3, -0.25) is 14.6 Å². The number of rotatable bonds is 5. The molecule has 0 aliphatic carbocycles. The van der Waals surface area contributed by atoms with Crippen LogP contribution in [0.15, 0.2) is 42.7 Å². The maximum absolute atomic E-state index is 12.5. The van der Waals surface area contributed by atoms with Crippen LogP contribution in [0.2, 0.25) is 5.02 Å². The molecule has 0 saturated heterocycles. The van der Waals surface area contributed by atoms with Gasteiger partial charge in [0.15, 0.2) is 0 Å². The van der Waals surface area contributed by atoms with Crippen molar-refractivity contribution in [2.75, 3.05) is 7.11 Å². The summed E-state index contributed by atoms with van der Waals surface area (Å²) in [7, 11) is 1.31. The quantitative estimate of drug-likeness (QED) is 0.854. The lowest BCUT2D eigenvalue weighted by molar-refractivity contribution is -0.141. The first-order valence-electron chi connectivity index (χ1n) is 7.05. The minimum atomic E-state index is -0.503. The standard InChI is InChI=1S/C17H17ClN2O3/c1-11-13(4-3-5-14(11)18)17(22)20-15(10-16(21)23-2)12-6-8-19-9-7-12/h3-9,15H,10H2,1-2H3,(H,20,22)/t15-/m1/s1. The highest BCUT2D eigenvalue weighted by Gasteiger charge is 2.20. The molecule has 0 spiro atoms. The SMILES string of the molecule is COC(=O)C[C@@H](NC(=O)c1cccc(Cl)c1C)c1ccncc1. The van der Waals surface area contributed by atoms with Gasteiger partial charge in [0.2, 0.25) is 0 Å². The maximum atomic E-state index is 12.5. The van der Waals surface area contributed by atoms with E-state index in [1.54, 1.807) is 49.6 Å². The number of hydrogen-bond donors (Lipinski definition) is 1. The molecule has 0 bridgehead atoms. The topological polar surface area (TPSA) is 68.3 Å². The highest BCUT2D eigenvalue weighted by molar-refractivity contribution is 6.31. The number of hydrogen-bond acceptors (Lipinski definition) is 4. The zero-order valence-corrected chi connectivity index (χ0v) is 13.6. The number of carbonyl (C=O) groups is 2. The monoisotopic (exact) mass is 332 g/mol. The predicted molar refractivity (Wildman–Crippen MR) is 87.3 cm³/mol. The molecule has 1 heterocycles. The van der Waals surface area contributed by atoms with Crippen molar-refractivity contribution in [1.82, 2.24) is 10.3 Å². The lowest BCUT2D eigenvalue weighted by atomic mass is 10.0. The lowest BCUT2D eigenvalue weighted by Gasteiger charge is -2.19. The van der Waals surface area contributed by atoms with Crippen LogP contribution in [0.4, 0.5) is 0 Å². The minimum Gasteiger partial charge on any atom is -0.469 e. The van der Waals surface area contributed by atoms with Gasteiger partial charge in [-0.1, -0.05) is 17.7 Å². The van der Waals surface area contributed by atoms with Gasteiger partial charge in [0.05, 0.1) is 19.6 Å². The van der Waals surface area contributed by atoms with Gasteiger partial charge in [0.25, 0.3) is 5.91 Å². The average Bonchev–Trinajstić information content (AvgIpc) is 2.57. The largest absolute Gasteiger partial charge is 0.469 e. The van der Waals surface area contributed by atoms with Crippen LogP contribution in [0.5, 0.6) is 0 Å². The van der Waals surface area contributed by atoms with Crippen molar-refractivity contribution in [3.05, 3.63) is 64.4 Å². The molecular formula is C17H17ClN2O3. The van der Waals surface area contributed by atoms with Crippen LogP contribution >= 0.6 is 11.6 Å². The van der Waals surface area contributed by atoms with Crippen molar-refractivity contribution in [2.24, 2.45) is 0 Å². The Morgan fingerprint density at radius 2 is 1.96 bits per heavy atom. The van der Waals surface area contributed by atoms with Crippen molar-refractivity contribution >= 4 is 23.5 Å². The first-order chi connectivity index (χ1) is 11.0.